The predicted octanol–water partition coefficient (Wildman–Crippen LogP) is 2.07. The van der Waals surface area contributed by atoms with E-state index in [1.165, 1.54) is 18.1 Å². The molecule has 0 atom stereocenters. The molecule has 0 bridgehead atoms. The molecule has 0 aliphatic carbocycles. The van der Waals surface area contributed by atoms with Crippen molar-refractivity contribution in [3.05, 3.63) is 30.9 Å². The second kappa shape index (κ2) is 5.49. The maximum Gasteiger partial charge on any atom is 0.194 e. The van der Waals surface area contributed by atoms with Crippen molar-refractivity contribution in [2.24, 2.45) is 0 Å². The summed E-state index contributed by atoms with van der Waals surface area (Å²) < 4.78 is 5.32. The standard InChI is InChI=1S/C11H12N4OS/c1-12-10-9(16-2)11(15-7-14-10)17-8-3-5-13-6-4-8/h3-7H,1-2H3,(H,12,14,15). The van der Waals surface area contributed by atoms with Gasteiger partial charge in [0.25, 0.3) is 0 Å². The highest BCUT2D eigenvalue weighted by molar-refractivity contribution is 7.99. The zero-order chi connectivity index (χ0) is 12.1. The molecule has 2 aromatic heterocycles. The highest BCUT2D eigenvalue weighted by Crippen LogP contribution is 2.35. The van der Waals surface area contributed by atoms with Gasteiger partial charge in [-0.15, -0.1) is 0 Å². The highest BCUT2D eigenvalue weighted by Gasteiger charge is 2.11. The Labute approximate surface area is 104 Å². The van der Waals surface area contributed by atoms with Crippen LogP contribution in [0.4, 0.5) is 5.82 Å². The molecule has 0 aliphatic rings. The summed E-state index contributed by atoms with van der Waals surface area (Å²) in [4.78, 5) is 13.3. The second-order valence-electron chi connectivity index (χ2n) is 3.10. The van der Waals surface area contributed by atoms with Gasteiger partial charge in [-0.2, -0.15) is 0 Å². The Morgan fingerprint density at radius 2 is 2.00 bits per heavy atom. The van der Waals surface area contributed by atoms with Gasteiger partial charge in [-0.1, -0.05) is 11.8 Å². The fraction of sp³-hybridized carbons (Fsp3) is 0.182. The Bertz CT molecular complexity index is 492. The quantitative estimate of drug-likeness (QED) is 0.836. The van der Waals surface area contributed by atoms with Gasteiger partial charge in [-0.3, -0.25) is 4.98 Å². The Morgan fingerprint density at radius 1 is 1.24 bits per heavy atom. The lowest BCUT2D eigenvalue weighted by Gasteiger charge is -2.10. The molecule has 2 rings (SSSR count). The Morgan fingerprint density at radius 3 is 2.65 bits per heavy atom. The minimum atomic E-state index is 0.650. The van der Waals surface area contributed by atoms with Crippen LogP contribution in [0.5, 0.6) is 5.75 Å². The first-order valence-electron chi connectivity index (χ1n) is 4.99. The zero-order valence-electron chi connectivity index (χ0n) is 9.54. The fourth-order valence-electron chi connectivity index (χ4n) is 1.31. The summed E-state index contributed by atoms with van der Waals surface area (Å²) in [5.41, 5.74) is 0. The number of hydrogen-bond donors (Lipinski definition) is 1. The van der Waals surface area contributed by atoms with E-state index >= 15 is 0 Å². The molecule has 0 unspecified atom stereocenters. The summed E-state index contributed by atoms with van der Waals surface area (Å²) in [5, 5.41) is 3.75. The molecule has 0 aliphatic heterocycles. The van der Waals surface area contributed by atoms with Crippen molar-refractivity contribution in [2.75, 3.05) is 19.5 Å². The van der Waals surface area contributed by atoms with Gasteiger partial charge in [0.2, 0.25) is 0 Å². The predicted molar refractivity (Wildman–Crippen MR) is 66.5 cm³/mol. The number of nitrogens with one attached hydrogen (secondary N) is 1. The summed E-state index contributed by atoms with van der Waals surface area (Å²) >= 11 is 1.51. The number of rotatable bonds is 4. The topological polar surface area (TPSA) is 59.9 Å². The van der Waals surface area contributed by atoms with E-state index in [9.17, 15) is 0 Å². The van der Waals surface area contributed by atoms with E-state index < -0.39 is 0 Å². The largest absolute Gasteiger partial charge is 0.490 e. The van der Waals surface area contributed by atoms with Gasteiger partial charge in [0.15, 0.2) is 11.6 Å². The van der Waals surface area contributed by atoms with E-state index in [0.29, 0.717) is 11.6 Å². The monoisotopic (exact) mass is 248 g/mol. The van der Waals surface area contributed by atoms with Gasteiger partial charge in [-0.05, 0) is 12.1 Å². The fourth-order valence-corrected chi connectivity index (χ4v) is 2.16. The molecule has 5 nitrogen and oxygen atoms in total. The molecule has 2 aromatic rings. The summed E-state index contributed by atoms with van der Waals surface area (Å²) in [6, 6.07) is 3.84. The van der Waals surface area contributed by atoms with Crippen molar-refractivity contribution in [3.8, 4) is 5.75 Å². The van der Waals surface area contributed by atoms with E-state index in [1.807, 2.05) is 12.1 Å². The summed E-state index contributed by atoms with van der Waals surface area (Å²) in [5.74, 6) is 1.33. The average molecular weight is 248 g/mol. The summed E-state index contributed by atoms with van der Waals surface area (Å²) in [6.07, 6.45) is 5.00. The third-order valence-corrected chi connectivity index (χ3v) is 3.07. The molecule has 0 saturated carbocycles. The Balaban J connectivity index is 2.33. The maximum absolute atomic E-state index is 5.32. The van der Waals surface area contributed by atoms with Crippen molar-refractivity contribution in [1.29, 1.82) is 0 Å². The molecule has 0 saturated heterocycles. The van der Waals surface area contributed by atoms with E-state index in [-0.39, 0.29) is 0 Å². The van der Waals surface area contributed by atoms with Gasteiger partial charge >= 0.3 is 0 Å². The molecule has 0 amide bonds. The van der Waals surface area contributed by atoms with Crippen LogP contribution in [0.25, 0.3) is 0 Å². The number of pyridine rings is 1. The normalized spacial score (nSPS) is 10.0. The molecule has 2 heterocycles. The maximum atomic E-state index is 5.32. The Kier molecular flexibility index (Phi) is 3.77. The molecule has 0 aromatic carbocycles. The van der Waals surface area contributed by atoms with Gasteiger partial charge < -0.3 is 10.1 Å². The number of hydrogen-bond acceptors (Lipinski definition) is 6. The third kappa shape index (κ3) is 2.65. The van der Waals surface area contributed by atoms with Crippen LogP contribution >= 0.6 is 11.8 Å². The molecule has 0 spiro atoms. The summed E-state index contributed by atoms with van der Waals surface area (Å²) in [7, 11) is 3.40. The SMILES string of the molecule is CNc1ncnc(Sc2ccncc2)c1OC. The van der Waals surface area contributed by atoms with Crippen molar-refractivity contribution >= 4 is 17.6 Å². The van der Waals surface area contributed by atoms with E-state index in [4.69, 9.17) is 4.74 Å². The zero-order valence-corrected chi connectivity index (χ0v) is 10.4. The summed E-state index contributed by atoms with van der Waals surface area (Å²) in [6.45, 7) is 0. The van der Waals surface area contributed by atoms with Crippen molar-refractivity contribution < 1.29 is 4.74 Å². The van der Waals surface area contributed by atoms with Crippen molar-refractivity contribution in [3.63, 3.8) is 0 Å². The number of methoxy groups -OCH3 is 1. The van der Waals surface area contributed by atoms with Crippen LogP contribution in [0.3, 0.4) is 0 Å². The third-order valence-electron chi connectivity index (χ3n) is 2.08. The number of anilines is 1. The van der Waals surface area contributed by atoms with Crippen LogP contribution in [0.1, 0.15) is 0 Å². The molecule has 88 valence electrons. The minimum Gasteiger partial charge on any atom is -0.490 e. The van der Waals surface area contributed by atoms with E-state index in [1.54, 1.807) is 26.6 Å². The van der Waals surface area contributed by atoms with Gasteiger partial charge in [0.05, 0.1) is 7.11 Å². The number of aromatic nitrogens is 3. The lowest BCUT2D eigenvalue weighted by atomic mass is 10.5. The lowest BCUT2D eigenvalue weighted by Crippen LogP contribution is -1.99. The molecular formula is C11H12N4OS. The van der Waals surface area contributed by atoms with Gasteiger partial charge in [0, 0.05) is 24.3 Å². The molecule has 17 heavy (non-hydrogen) atoms. The first kappa shape index (κ1) is 11.7. The molecule has 6 heteroatoms. The van der Waals surface area contributed by atoms with Crippen LogP contribution in [0, 0.1) is 0 Å². The number of ether oxygens (including phenoxy) is 1. The van der Waals surface area contributed by atoms with Crippen LogP contribution in [-0.4, -0.2) is 29.1 Å². The van der Waals surface area contributed by atoms with Gasteiger partial charge in [-0.25, -0.2) is 9.97 Å². The van der Waals surface area contributed by atoms with Crippen molar-refractivity contribution in [1.82, 2.24) is 15.0 Å². The van der Waals surface area contributed by atoms with Crippen LogP contribution in [-0.2, 0) is 0 Å². The first-order chi connectivity index (χ1) is 8.35. The molecule has 0 radical (unpaired) electrons. The van der Waals surface area contributed by atoms with Gasteiger partial charge in [0.1, 0.15) is 11.4 Å². The number of nitrogens with zero attached hydrogens (tertiary/aromatic N) is 3. The highest BCUT2D eigenvalue weighted by atomic mass is 32.2. The minimum absolute atomic E-state index is 0.650. The average Bonchev–Trinajstić information content (AvgIpc) is 2.39. The van der Waals surface area contributed by atoms with E-state index in [2.05, 4.69) is 20.3 Å². The smallest absolute Gasteiger partial charge is 0.194 e. The van der Waals surface area contributed by atoms with E-state index in [0.717, 1.165) is 9.92 Å². The molecule has 1 N–H and O–H groups in total. The first-order valence-corrected chi connectivity index (χ1v) is 5.81. The molecule has 0 fully saturated rings. The van der Waals surface area contributed by atoms with Crippen LogP contribution in [0.2, 0.25) is 0 Å². The molecular weight excluding hydrogens is 236 g/mol. The van der Waals surface area contributed by atoms with Crippen LogP contribution in [0.15, 0.2) is 40.8 Å². The lowest BCUT2D eigenvalue weighted by molar-refractivity contribution is 0.400. The Hall–Kier alpha value is -1.82. The van der Waals surface area contributed by atoms with Crippen molar-refractivity contribution in [2.45, 2.75) is 9.92 Å². The second-order valence-corrected chi connectivity index (χ2v) is 4.16. The van der Waals surface area contributed by atoms with Crippen LogP contribution < -0.4 is 10.1 Å².